The quantitative estimate of drug-likeness (QED) is 0.722. The Morgan fingerprint density at radius 3 is 2.71 bits per heavy atom. The second-order valence-electron chi connectivity index (χ2n) is 7.40. The largest absolute Gasteiger partial charge is 0.493 e. The van der Waals surface area contributed by atoms with Gasteiger partial charge in [-0.15, -0.1) is 0 Å². The minimum Gasteiger partial charge on any atom is -0.493 e. The fourth-order valence-electron chi connectivity index (χ4n) is 3.80. The molecule has 0 saturated heterocycles. The summed E-state index contributed by atoms with van der Waals surface area (Å²) in [5.41, 5.74) is 2.66. The number of aryl methyl sites for hydroxylation is 2. The van der Waals surface area contributed by atoms with E-state index in [1.54, 1.807) is 0 Å². The van der Waals surface area contributed by atoms with Crippen molar-refractivity contribution in [3.8, 4) is 29.1 Å². The molecule has 0 amide bonds. The molecule has 5 rings (SSSR count). The zero-order valence-corrected chi connectivity index (χ0v) is 15.7. The molecule has 0 bridgehead atoms. The first-order valence-electron chi connectivity index (χ1n) is 9.32. The summed E-state index contributed by atoms with van der Waals surface area (Å²) in [6.07, 6.45) is 5.60. The molecule has 144 valence electrons. The number of aromatic amines is 1. The van der Waals surface area contributed by atoms with Crippen molar-refractivity contribution in [1.82, 2.24) is 19.5 Å². The number of rotatable bonds is 4. The van der Waals surface area contributed by atoms with Gasteiger partial charge in [0.1, 0.15) is 11.5 Å². The van der Waals surface area contributed by atoms with Crippen molar-refractivity contribution < 1.29 is 14.6 Å². The lowest BCUT2D eigenvalue weighted by atomic mass is 9.95. The average Bonchev–Trinajstić information content (AvgIpc) is 3.28. The lowest BCUT2D eigenvalue weighted by Gasteiger charge is -2.13. The lowest BCUT2D eigenvalue weighted by Crippen LogP contribution is -2.15. The molecule has 2 N–H and O–H groups in total. The van der Waals surface area contributed by atoms with E-state index in [0.29, 0.717) is 30.2 Å². The Morgan fingerprint density at radius 2 is 2.07 bits per heavy atom. The van der Waals surface area contributed by atoms with Crippen LogP contribution < -0.4 is 15.2 Å². The van der Waals surface area contributed by atoms with Crippen LogP contribution in [0.5, 0.6) is 23.4 Å². The van der Waals surface area contributed by atoms with E-state index in [1.165, 1.54) is 12.4 Å². The van der Waals surface area contributed by atoms with Crippen molar-refractivity contribution in [3.05, 3.63) is 51.8 Å². The monoisotopic (exact) mass is 380 g/mol. The maximum atomic E-state index is 12.1. The maximum Gasteiger partial charge on any atom is 0.333 e. The topological polar surface area (TPSA) is 102 Å². The van der Waals surface area contributed by atoms with E-state index >= 15 is 0 Å². The summed E-state index contributed by atoms with van der Waals surface area (Å²) >= 11 is 0. The Kier molecular flexibility index (Phi) is 3.52. The summed E-state index contributed by atoms with van der Waals surface area (Å²) in [7, 11) is 0. The molecule has 1 saturated carbocycles. The molecule has 8 heteroatoms. The van der Waals surface area contributed by atoms with E-state index < -0.39 is 5.69 Å². The third-order valence-electron chi connectivity index (χ3n) is 5.56. The summed E-state index contributed by atoms with van der Waals surface area (Å²) < 4.78 is 13.0. The molecule has 2 aliphatic rings. The lowest BCUT2D eigenvalue weighted by molar-refractivity contribution is 0.321. The molecule has 1 aromatic carbocycles. The van der Waals surface area contributed by atoms with Crippen LogP contribution in [0.25, 0.3) is 5.69 Å². The van der Waals surface area contributed by atoms with Crippen molar-refractivity contribution in [2.24, 2.45) is 0 Å². The molecule has 0 radical (unpaired) electrons. The number of imidazole rings is 1. The summed E-state index contributed by atoms with van der Waals surface area (Å²) in [5.74, 6) is 1.48. The average molecular weight is 380 g/mol. The van der Waals surface area contributed by atoms with Crippen LogP contribution in [0.15, 0.2) is 29.3 Å². The molecule has 3 aromatic rings. The van der Waals surface area contributed by atoms with Crippen LogP contribution in [0.2, 0.25) is 0 Å². The molecular formula is C20H20N4O4. The highest BCUT2D eigenvalue weighted by molar-refractivity contribution is 5.59. The highest BCUT2D eigenvalue weighted by Gasteiger charge is 2.53. The van der Waals surface area contributed by atoms with Gasteiger partial charge in [-0.1, -0.05) is 13.0 Å². The summed E-state index contributed by atoms with van der Waals surface area (Å²) in [6, 6.07) is 4.07. The molecule has 1 aliphatic heterocycles. The Bertz CT molecular complexity index is 1130. The second kappa shape index (κ2) is 5.85. The van der Waals surface area contributed by atoms with E-state index in [0.717, 1.165) is 34.3 Å². The minimum atomic E-state index is -0.434. The zero-order chi connectivity index (χ0) is 19.5. The van der Waals surface area contributed by atoms with Crippen LogP contribution in [0, 0.1) is 6.92 Å². The molecule has 8 nitrogen and oxygen atoms in total. The number of aromatic nitrogens is 4. The van der Waals surface area contributed by atoms with Crippen LogP contribution >= 0.6 is 0 Å². The van der Waals surface area contributed by atoms with Crippen molar-refractivity contribution in [3.63, 3.8) is 0 Å². The van der Waals surface area contributed by atoms with E-state index in [2.05, 4.69) is 15.0 Å². The van der Waals surface area contributed by atoms with Gasteiger partial charge >= 0.3 is 11.7 Å². The number of aromatic hydroxyl groups is 1. The number of benzene rings is 1. The van der Waals surface area contributed by atoms with Crippen molar-refractivity contribution in [1.29, 1.82) is 0 Å². The first kappa shape index (κ1) is 16.9. The fourth-order valence-corrected chi connectivity index (χ4v) is 3.80. The predicted molar refractivity (Wildman–Crippen MR) is 101 cm³/mol. The van der Waals surface area contributed by atoms with Gasteiger partial charge in [0.15, 0.2) is 0 Å². The van der Waals surface area contributed by atoms with Crippen LogP contribution in [-0.2, 0) is 11.8 Å². The first-order valence-corrected chi connectivity index (χ1v) is 9.32. The van der Waals surface area contributed by atoms with Gasteiger partial charge in [0.05, 0.1) is 30.4 Å². The van der Waals surface area contributed by atoms with Crippen LogP contribution in [0.4, 0.5) is 0 Å². The Hall–Kier alpha value is -3.29. The summed E-state index contributed by atoms with van der Waals surface area (Å²) in [6.45, 7) is 4.57. The molecule has 3 heterocycles. The number of hydrogen-bond acceptors (Lipinski definition) is 6. The molecule has 28 heavy (non-hydrogen) atoms. The molecule has 0 atom stereocenters. The van der Waals surface area contributed by atoms with Crippen LogP contribution in [0.1, 0.15) is 36.6 Å². The van der Waals surface area contributed by atoms with E-state index in [1.807, 2.05) is 26.0 Å². The van der Waals surface area contributed by atoms with Crippen molar-refractivity contribution >= 4 is 0 Å². The van der Waals surface area contributed by atoms with Gasteiger partial charge in [-0.2, -0.15) is 0 Å². The number of fused-ring (bicyclic) bond motifs is 2. The number of hydrogen-bond donors (Lipinski definition) is 2. The van der Waals surface area contributed by atoms with Gasteiger partial charge in [0.25, 0.3) is 0 Å². The molecule has 2 aromatic heterocycles. The molecule has 0 unspecified atom stereocenters. The number of ether oxygens (including phenoxy) is 2. The van der Waals surface area contributed by atoms with Crippen molar-refractivity contribution in [2.75, 3.05) is 6.61 Å². The predicted octanol–water partition coefficient (Wildman–Crippen LogP) is 2.75. The van der Waals surface area contributed by atoms with Gasteiger partial charge in [-0.05, 0) is 37.8 Å². The Morgan fingerprint density at radius 1 is 1.32 bits per heavy atom. The van der Waals surface area contributed by atoms with Gasteiger partial charge < -0.3 is 19.6 Å². The number of nitrogens with one attached hydrogen (secondary N) is 1. The molecule has 1 aliphatic carbocycles. The maximum absolute atomic E-state index is 12.1. The fraction of sp³-hybridized carbons (Fsp3) is 0.350. The highest BCUT2D eigenvalue weighted by atomic mass is 16.5. The smallest absolute Gasteiger partial charge is 0.333 e. The molecule has 1 fully saturated rings. The first-order chi connectivity index (χ1) is 13.5. The van der Waals surface area contributed by atoms with Gasteiger partial charge in [-0.3, -0.25) is 0 Å². The van der Waals surface area contributed by atoms with E-state index in [9.17, 15) is 9.90 Å². The minimum absolute atomic E-state index is 0.0669. The van der Waals surface area contributed by atoms with Crippen LogP contribution in [-0.4, -0.2) is 31.2 Å². The van der Waals surface area contributed by atoms with Gasteiger partial charge in [-0.25, -0.2) is 19.3 Å². The highest BCUT2D eigenvalue weighted by Crippen LogP contribution is 2.59. The van der Waals surface area contributed by atoms with Gasteiger partial charge in [0, 0.05) is 11.0 Å². The SMILES string of the molecule is CCc1[nH]c(=O)n(-c2cnc(Oc3ccc(C)c4c3C3(CC3)CO4)nc2)c1O. The molecule has 1 spiro atoms. The summed E-state index contributed by atoms with van der Waals surface area (Å²) in [5, 5.41) is 10.2. The Balaban J connectivity index is 1.47. The van der Waals surface area contributed by atoms with E-state index in [-0.39, 0.29) is 17.3 Å². The van der Waals surface area contributed by atoms with E-state index in [4.69, 9.17) is 9.47 Å². The Labute approximate surface area is 160 Å². The second-order valence-corrected chi connectivity index (χ2v) is 7.40. The third-order valence-corrected chi connectivity index (χ3v) is 5.56. The van der Waals surface area contributed by atoms with Gasteiger partial charge in [0.2, 0.25) is 5.88 Å². The zero-order valence-electron chi connectivity index (χ0n) is 15.7. The summed E-state index contributed by atoms with van der Waals surface area (Å²) in [4.78, 5) is 23.2. The van der Waals surface area contributed by atoms with Crippen LogP contribution in [0.3, 0.4) is 0 Å². The normalized spacial score (nSPS) is 16.1. The molecular weight excluding hydrogens is 360 g/mol. The third kappa shape index (κ3) is 2.41. The standard InChI is InChI=1S/C20H20N4O4/c1-3-13-17(25)24(19(26)23-13)12-8-21-18(22-9-12)28-14-5-4-11(2)16-15(14)20(6-7-20)10-27-16/h4-5,8-9,25H,3,6-7,10H2,1-2H3,(H,23,26). The van der Waals surface area contributed by atoms with Crippen molar-refractivity contribution in [2.45, 2.75) is 38.5 Å². The number of nitrogens with zero attached hydrogens (tertiary/aromatic N) is 3. The number of H-pyrrole nitrogens is 1.